The van der Waals surface area contributed by atoms with Crippen LogP contribution in [-0.4, -0.2) is 45.1 Å². The van der Waals surface area contributed by atoms with Crippen molar-refractivity contribution in [1.29, 1.82) is 0 Å². The molecule has 4 nitrogen and oxygen atoms in total. The molecule has 0 aromatic carbocycles. The molecule has 0 aromatic heterocycles. The van der Waals surface area contributed by atoms with E-state index in [-0.39, 0.29) is 22.5 Å². The molecule has 0 amide bonds. The summed E-state index contributed by atoms with van der Waals surface area (Å²) in [6, 6.07) is 0. The number of fused-ring (bicyclic) bond motifs is 1. The molecule has 0 aliphatic heterocycles. The fraction of sp³-hybridized carbons (Fsp3) is 1.00. The minimum absolute atomic E-state index is 0.0438. The molecule has 2 saturated carbocycles. The van der Waals surface area contributed by atoms with Crippen LogP contribution >= 0.6 is 0 Å². The Morgan fingerprint density at radius 2 is 1.56 bits per heavy atom. The summed E-state index contributed by atoms with van der Waals surface area (Å²) in [5, 5.41) is 11.4. The number of methoxy groups -OCH3 is 2. The second-order valence-corrected chi connectivity index (χ2v) is 15.1. The predicted molar refractivity (Wildman–Crippen MR) is 104 cm³/mol. The van der Waals surface area contributed by atoms with Gasteiger partial charge in [0.1, 0.15) is 0 Å². The van der Waals surface area contributed by atoms with Gasteiger partial charge in [0.2, 0.25) is 0 Å². The van der Waals surface area contributed by atoms with Gasteiger partial charge in [-0.05, 0) is 49.7 Å². The molecule has 0 spiro atoms. The molecule has 2 fully saturated rings. The van der Waals surface area contributed by atoms with Gasteiger partial charge < -0.3 is 19.0 Å². The highest BCUT2D eigenvalue weighted by molar-refractivity contribution is 6.74. The van der Waals surface area contributed by atoms with Crippen LogP contribution in [0.5, 0.6) is 0 Å². The van der Waals surface area contributed by atoms with Crippen molar-refractivity contribution in [3.05, 3.63) is 0 Å². The van der Waals surface area contributed by atoms with Crippen LogP contribution in [0.2, 0.25) is 18.1 Å². The number of hydrogen-bond acceptors (Lipinski definition) is 4. The molecule has 0 aromatic rings. The second kappa shape index (κ2) is 6.59. The lowest BCUT2D eigenvalue weighted by Gasteiger charge is -2.60. The molecule has 4 atom stereocenters. The zero-order chi connectivity index (χ0) is 19.3. The van der Waals surface area contributed by atoms with Gasteiger partial charge in [-0.25, -0.2) is 0 Å². The van der Waals surface area contributed by atoms with Gasteiger partial charge >= 0.3 is 0 Å². The van der Waals surface area contributed by atoms with E-state index in [9.17, 15) is 5.11 Å². The monoisotopic (exact) mass is 372 g/mol. The van der Waals surface area contributed by atoms with E-state index in [1.807, 2.05) is 6.92 Å². The summed E-state index contributed by atoms with van der Waals surface area (Å²) >= 11 is 0. The number of ether oxygens (including phenoxy) is 2. The second-order valence-electron chi connectivity index (χ2n) is 10.3. The van der Waals surface area contributed by atoms with Crippen LogP contribution in [0, 0.1) is 11.3 Å². The van der Waals surface area contributed by atoms with Gasteiger partial charge in [0.15, 0.2) is 14.1 Å². The third kappa shape index (κ3) is 3.72. The van der Waals surface area contributed by atoms with E-state index >= 15 is 0 Å². The normalized spacial score (nSPS) is 39.1. The minimum atomic E-state index is -1.86. The average molecular weight is 373 g/mol. The summed E-state index contributed by atoms with van der Waals surface area (Å²) in [4.78, 5) is 0. The molecule has 1 N–H and O–H groups in total. The van der Waals surface area contributed by atoms with Gasteiger partial charge in [-0.3, -0.25) is 0 Å². The predicted octanol–water partition coefficient (Wildman–Crippen LogP) is 4.72. The molecule has 0 unspecified atom stereocenters. The molecule has 0 bridgehead atoms. The van der Waals surface area contributed by atoms with Crippen LogP contribution < -0.4 is 0 Å². The summed E-state index contributed by atoms with van der Waals surface area (Å²) in [6.45, 7) is 15.8. The molecular weight excluding hydrogens is 332 g/mol. The Labute approximate surface area is 155 Å². The summed E-state index contributed by atoms with van der Waals surface area (Å²) in [7, 11) is 1.57. The first-order valence-corrected chi connectivity index (χ1v) is 12.6. The lowest BCUT2D eigenvalue weighted by Crippen LogP contribution is -2.63. The molecule has 25 heavy (non-hydrogen) atoms. The maximum atomic E-state index is 11.2. The SMILES string of the molecule is COC1(OC)CC[C@]2(C)[C@@H](O[Si](C)(C)C(C)(C)C)CC[C@](C)(O)[C@H]2C1. The van der Waals surface area contributed by atoms with Crippen LogP contribution in [0.4, 0.5) is 0 Å². The molecule has 148 valence electrons. The van der Waals surface area contributed by atoms with Gasteiger partial charge in [-0.15, -0.1) is 0 Å². The van der Waals surface area contributed by atoms with Crippen LogP contribution in [-0.2, 0) is 13.9 Å². The Bertz CT molecular complexity index is 479. The van der Waals surface area contributed by atoms with Crippen LogP contribution in [0.15, 0.2) is 0 Å². The van der Waals surface area contributed by atoms with Crippen LogP contribution in [0.25, 0.3) is 0 Å². The Morgan fingerprint density at radius 1 is 1.00 bits per heavy atom. The molecule has 0 radical (unpaired) electrons. The maximum Gasteiger partial charge on any atom is 0.192 e. The van der Waals surface area contributed by atoms with Crippen molar-refractivity contribution in [2.24, 2.45) is 11.3 Å². The zero-order valence-electron chi connectivity index (χ0n) is 17.9. The van der Waals surface area contributed by atoms with Crippen molar-refractivity contribution in [3.63, 3.8) is 0 Å². The van der Waals surface area contributed by atoms with Gasteiger partial charge in [-0.1, -0.05) is 27.7 Å². The molecule has 2 aliphatic carbocycles. The molecule has 5 heteroatoms. The summed E-state index contributed by atoms with van der Waals surface area (Å²) in [6.07, 6.45) is 4.43. The Hall–Kier alpha value is 0.0569. The van der Waals surface area contributed by atoms with Gasteiger partial charge in [0.05, 0.1) is 11.7 Å². The lowest BCUT2D eigenvalue weighted by atomic mass is 9.53. The Kier molecular flexibility index (Phi) is 5.63. The number of rotatable bonds is 4. The first kappa shape index (κ1) is 21.4. The Balaban J connectivity index is 2.33. The van der Waals surface area contributed by atoms with Crippen molar-refractivity contribution in [2.45, 2.75) is 102 Å². The van der Waals surface area contributed by atoms with Crippen molar-refractivity contribution in [1.82, 2.24) is 0 Å². The quantitative estimate of drug-likeness (QED) is 0.573. The van der Waals surface area contributed by atoms with Crippen molar-refractivity contribution in [2.75, 3.05) is 14.2 Å². The first-order chi connectivity index (χ1) is 11.2. The average Bonchev–Trinajstić information content (AvgIpc) is 2.50. The molecule has 2 aliphatic rings. The number of aliphatic hydroxyl groups is 1. The van der Waals surface area contributed by atoms with Crippen molar-refractivity contribution < 1.29 is 19.0 Å². The van der Waals surface area contributed by atoms with Gasteiger partial charge in [-0.2, -0.15) is 0 Å². The van der Waals surface area contributed by atoms with E-state index in [1.54, 1.807) is 14.2 Å². The smallest absolute Gasteiger partial charge is 0.192 e. The molecule has 2 rings (SSSR count). The summed E-state index contributed by atoms with van der Waals surface area (Å²) in [5.74, 6) is -0.468. The van der Waals surface area contributed by atoms with Gasteiger partial charge in [0, 0.05) is 33.0 Å². The van der Waals surface area contributed by atoms with Crippen LogP contribution in [0.1, 0.15) is 66.7 Å². The van der Waals surface area contributed by atoms with E-state index in [4.69, 9.17) is 13.9 Å². The zero-order valence-corrected chi connectivity index (χ0v) is 18.9. The topological polar surface area (TPSA) is 47.9 Å². The van der Waals surface area contributed by atoms with Crippen LogP contribution in [0.3, 0.4) is 0 Å². The van der Waals surface area contributed by atoms with Crippen molar-refractivity contribution in [3.8, 4) is 0 Å². The molecule has 0 heterocycles. The Morgan fingerprint density at radius 3 is 2.04 bits per heavy atom. The minimum Gasteiger partial charge on any atom is -0.413 e. The van der Waals surface area contributed by atoms with E-state index in [0.29, 0.717) is 0 Å². The lowest BCUT2D eigenvalue weighted by molar-refractivity contribution is -0.280. The highest BCUT2D eigenvalue weighted by Gasteiger charge is 2.60. The van der Waals surface area contributed by atoms with E-state index in [0.717, 1.165) is 32.1 Å². The fourth-order valence-corrected chi connectivity index (χ4v) is 6.16. The van der Waals surface area contributed by atoms with E-state index in [1.165, 1.54) is 0 Å². The summed E-state index contributed by atoms with van der Waals surface area (Å²) in [5.41, 5.74) is -0.747. The van der Waals surface area contributed by atoms with E-state index in [2.05, 4.69) is 40.8 Å². The highest BCUT2D eigenvalue weighted by Crippen LogP contribution is 2.58. The van der Waals surface area contributed by atoms with E-state index < -0.39 is 19.7 Å². The number of hydrogen-bond donors (Lipinski definition) is 1. The first-order valence-electron chi connectivity index (χ1n) is 9.73. The fourth-order valence-electron chi connectivity index (χ4n) is 4.70. The highest BCUT2D eigenvalue weighted by atomic mass is 28.4. The van der Waals surface area contributed by atoms with Gasteiger partial charge in [0.25, 0.3) is 0 Å². The summed E-state index contributed by atoms with van der Waals surface area (Å²) < 4.78 is 18.4. The molecule has 0 saturated heterocycles. The third-order valence-corrected chi connectivity index (χ3v) is 12.2. The van der Waals surface area contributed by atoms with Crippen molar-refractivity contribution >= 4 is 8.32 Å². The molecular formula is C20H40O4Si. The largest absolute Gasteiger partial charge is 0.413 e. The standard InChI is InChI=1S/C20H40O4Si/c1-17(2,3)25(8,9)24-16-10-11-19(5,21)15-14-20(22-6,23-7)13-12-18(15,16)4/h15-16,21H,10-14H2,1-9H3/t15-,16-,18-,19-/m0/s1. The maximum absolute atomic E-state index is 11.2. The third-order valence-electron chi connectivity index (χ3n) is 7.74.